The normalized spacial score (nSPS) is 16.8. The standard InChI is InChI=1S/C14H13NO4S2/c16-10-5-3-9(4-6-10)8-11-13(19)15(14(20)21-11)7-1-2-12(17)18/h3-6,8,16H,1-2,7H2,(H,17,18)/p-1/b11-8-. The van der Waals surface area contributed by atoms with Crippen LogP contribution < -0.4 is 5.11 Å². The molecule has 0 spiro atoms. The van der Waals surface area contributed by atoms with Gasteiger partial charge in [0.15, 0.2) is 0 Å². The first kappa shape index (κ1) is 15.5. The topological polar surface area (TPSA) is 80.7 Å². The zero-order chi connectivity index (χ0) is 15.4. The molecule has 0 aliphatic carbocycles. The van der Waals surface area contributed by atoms with Crippen LogP contribution in [0.5, 0.6) is 5.75 Å². The predicted molar refractivity (Wildman–Crippen MR) is 82.2 cm³/mol. The summed E-state index contributed by atoms with van der Waals surface area (Å²) in [7, 11) is 0. The second-order valence-electron chi connectivity index (χ2n) is 4.40. The van der Waals surface area contributed by atoms with E-state index in [0.717, 1.165) is 5.56 Å². The maximum Gasteiger partial charge on any atom is 0.266 e. The molecular weight excluding hydrogens is 310 g/mol. The molecule has 0 aromatic heterocycles. The minimum Gasteiger partial charge on any atom is -0.550 e. The zero-order valence-electron chi connectivity index (χ0n) is 10.9. The smallest absolute Gasteiger partial charge is 0.266 e. The van der Waals surface area contributed by atoms with E-state index in [1.165, 1.54) is 28.8 Å². The van der Waals surface area contributed by atoms with Crippen LogP contribution in [-0.4, -0.2) is 32.7 Å². The Morgan fingerprint density at radius 1 is 1.38 bits per heavy atom. The second kappa shape index (κ2) is 6.73. The second-order valence-corrected chi connectivity index (χ2v) is 6.08. The fraction of sp³-hybridized carbons (Fsp3) is 0.214. The third-order valence-electron chi connectivity index (χ3n) is 2.83. The number of amides is 1. The van der Waals surface area contributed by atoms with E-state index in [0.29, 0.717) is 15.6 Å². The summed E-state index contributed by atoms with van der Waals surface area (Å²) in [4.78, 5) is 24.5. The van der Waals surface area contributed by atoms with E-state index >= 15 is 0 Å². The average molecular weight is 322 g/mol. The number of thioether (sulfide) groups is 1. The zero-order valence-corrected chi connectivity index (χ0v) is 12.6. The van der Waals surface area contributed by atoms with Crippen LogP contribution >= 0.6 is 24.0 Å². The molecule has 1 heterocycles. The minimum atomic E-state index is -1.14. The van der Waals surface area contributed by atoms with Crippen molar-refractivity contribution in [2.45, 2.75) is 12.8 Å². The lowest BCUT2D eigenvalue weighted by molar-refractivity contribution is -0.305. The van der Waals surface area contributed by atoms with Crippen LogP contribution in [0.15, 0.2) is 29.2 Å². The number of hydrogen-bond acceptors (Lipinski definition) is 6. The minimum absolute atomic E-state index is 0.103. The molecule has 0 radical (unpaired) electrons. The number of carboxylic acid groups (broad SMARTS) is 1. The molecule has 1 fully saturated rings. The molecule has 0 saturated carbocycles. The Morgan fingerprint density at radius 2 is 2.05 bits per heavy atom. The Kier molecular flexibility index (Phi) is 4.98. The molecule has 0 unspecified atom stereocenters. The van der Waals surface area contributed by atoms with Crippen molar-refractivity contribution in [1.29, 1.82) is 0 Å². The summed E-state index contributed by atoms with van der Waals surface area (Å²) >= 11 is 6.32. The first-order chi connectivity index (χ1) is 9.97. The van der Waals surface area contributed by atoms with Gasteiger partial charge in [-0.3, -0.25) is 9.69 Å². The molecule has 1 aliphatic rings. The van der Waals surface area contributed by atoms with Gasteiger partial charge in [-0.25, -0.2) is 0 Å². The first-order valence-electron chi connectivity index (χ1n) is 6.21. The van der Waals surface area contributed by atoms with E-state index in [4.69, 9.17) is 12.2 Å². The Balaban J connectivity index is 2.06. The highest BCUT2D eigenvalue weighted by Gasteiger charge is 2.31. The van der Waals surface area contributed by atoms with Crippen LogP contribution in [-0.2, 0) is 9.59 Å². The van der Waals surface area contributed by atoms with Crippen LogP contribution in [0.1, 0.15) is 18.4 Å². The lowest BCUT2D eigenvalue weighted by Gasteiger charge is -2.14. The number of phenols is 1. The number of benzene rings is 1. The van der Waals surface area contributed by atoms with Crippen molar-refractivity contribution < 1.29 is 19.8 Å². The lowest BCUT2D eigenvalue weighted by atomic mass is 10.2. The number of rotatable bonds is 5. The summed E-state index contributed by atoms with van der Waals surface area (Å²) in [5.41, 5.74) is 0.781. The van der Waals surface area contributed by atoms with Crippen molar-refractivity contribution in [2.24, 2.45) is 0 Å². The van der Waals surface area contributed by atoms with Crippen molar-refractivity contribution in [1.82, 2.24) is 4.90 Å². The van der Waals surface area contributed by atoms with Gasteiger partial charge in [-0.2, -0.15) is 0 Å². The van der Waals surface area contributed by atoms with Gasteiger partial charge in [0.25, 0.3) is 5.91 Å². The number of thiocarbonyl (C=S) groups is 1. The molecule has 1 aromatic carbocycles. The third-order valence-corrected chi connectivity index (χ3v) is 4.20. The lowest BCUT2D eigenvalue weighted by Crippen LogP contribution is -2.30. The number of nitrogens with zero attached hydrogens (tertiary/aromatic N) is 1. The Hall–Kier alpha value is -1.86. The van der Waals surface area contributed by atoms with Gasteiger partial charge >= 0.3 is 0 Å². The molecule has 7 heteroatoms. The quantitative estimate of drug-likeness (QED) is 0.646. The molecule has 1 N–H and O–H groups in total. The predicted octanol–water partition coefficient (Wildman–Crippen LogP) is 1.12. The van der Waals surface area contributed by atoms with Gasteiger partial charge in [-0.05, 0) is 36.6 Å². The number of aromatic hydroxyl groups is 1. The molecule has 1 aromatic rings. The van der Waals surface area contributed by atoms with Gasteiger partial charge in [0, 0.05) is 12.5 Å². The van der Waals surface area contributed by atoms with Gasteiger partial charge in [0.05, 0.1) is 4.91 Å². The van der Waals surface area contributed by atoms with Gasteiger partial charge in [-0.15, -0.1) is 0 Å². The molecule has 0 atom stereocenters. The van der Waals surface area contributed by atoms with Crippen LogP contribution in [0.4, 0.5) is 0 Å². The molecular formula is C14H12NO4S2-. The van der Waals surface area contributed by atoms with E-state index in [1.807, 2.05) is 0 Å². The Bertz CT molecular complexity index is 610. The van der Waals surface area contributed by atoms with Crippen molar-refractivity contribution in [3.63, 3.8) is 0 Å². The van der Waals surface area contributed by atoms with Crippen molar-refractivity contribution >= 4 is 46.3 Å². The molecule has 1 amide bonds. The van der Waals surface area contributed by atoms with Crippen LogP contribution in [0.3, 0.4) is 0 Å². The Morgan fingerprint density at radius 3 is 2.67 bits per heavy atom. The van der Waals surface area contributed by atoms with E-state index in [1.54, 1.807) is 18.2 Å². The third kappa shape index (κ3) is 4.05. The summed E-state index contributed by atoms with van der Waals surface area (Å²) in [5, 5.41) is 19.6. The first-order valence-corrected chi connectivity index (χ1v) is 7.44. The average Bonchev–Trinajstić information content (AvgIpc) is 2.68. The molecule has 5 nitrogen and oxygen atoms in total. The van der Waals surface area contributed by atoms with Crippen LogP contribution in [0, 0.1) is 0 Å². The fourth-order valence-corrected chi connectivity index (χ4v) is 3.10. The number of carbonyl (C=O) groups excluding carboxylic acids is 2. The SMILES string of the molecule is O=C([O-])CCCN1C(=O)/C(=C/c2ccc(O)cc2)SC1=S. The molecule has 1 saturated heterocycles. The van der Waals surface area contributed by atoms with Gasteiger partial charge < -0.3 is 15.0 Å². The number of carbonyl (C=O) groups is 2. The van der Waals surface area contributed by atoms with Gasteiger partial charge in [0.1, 0.15) is 10.1 Å². The Labute approximate surface area is 131 Å². The summed E-state index contributed by atoms with van der Waals surface area (Å²) in [6.07, 6.45) is 1.90. The maximum atomic E-state index is 12.2. The molecule has 1 aliphatic heterocycles. The number of phenolic OH excluding ortho intramolecular Hbond substituents is 1. The molecule has 0 bridgehead atoms. The largest absolute Gasteiger partial charge is 0.550 e. The van der Waals surface area contributed by atoms with Crippen LogP contribution in [0.25, 0.3) is 6.08 Å². The van der Waals surface area contributed by atoms with Gasteiger partial charge in [0.2, 0.25) is 0 Å². The van der Waals surface area contributed by atoms with E-state index in [-0.39, 0.29) is 24.6 Å². The fourth-order valence-electron chi connectivity index (χ4n) is 1.80. The van der Waals surface area contributed by atoms with E-state index in [2.05, 4.69) is 0 Å². The molecule has 21 heavy (non-hydrogen) atoms. The van der Waals surface area contributed by atoms with E-state index < -0.39 is 5.97 Å². The summed E-state index contributed by atoms with van der Waals surface area (Å²) in [6.45, 7) is 0.269. The monoisotopic (exact) mass is 322 g/mol. The van der Waals surface area contributed by atoms with Crippen molar-refractivity contribution in [3.8, 4) is 5.75 Å². The maximum absolute atomic E-state index is 12.2. The number of hydrogen-bond donors (Lipinski definition) is 1. The number of carboxylic acids is 1. The molecule has 110 valence electrons. The van der Waals surface area contributed by atoms with E-state index in [9.17, 15) is 19.8 Å². The highest BCUT2D eigenvalue weighted by atomic mass is 32.2. The summed E-state index contributed by atoms with van der Waals surface area (Å²) < 4.78 is 0.420. The number of aliphatic carboxylic acids is 1. The highest BCUT2D eigenvalue weighted by Crippen LogP contribution is 2.32. The summed E-state index contributed by atoms with van der Waals surface area (Å²) in [6, 6.07) is 6.45. The molecule has 2 rings (SSSR count). The van der Waals surface area contributed by atoms with Crippen LogP contribution in [0.2, 0.25) is 0 Å². The van der Waals surface area contributed by atoms with Gasteiger partial charge in [-0.1, -0.05) is 36.1 Å². The highest BCUT2D eigenvalue weighted by molar-refractivity contribution is 8.26. The van der Waals surface area contributed by atoms with Crippen molar-refractivity contribution in [2.75, 3.05) is 6.54 Å². The van der Waals surface area contributed by atoms with Crippen molar-refractivity contribution in [3.05, 3.63) is 34.7 Å². The summed E-state index contributed by atoms with van der Waals surface area (Å²) in [5.74, 6) is -1.21.